The van der Waals surface area contributed by atoms with Gasteiger partial charge in [-0.15, -0.1) is 0 Å². The zero-order valence-corrected chi connectivity index (χ0v) is 38.8. The summed E-state index contributed by atoms with van der Waals surface area (Å²) in [6.07, 6.45) is 39.8. The average molecular weight is 729 g/mol. The maximum Gasteiger partial charge on any atom is 0.0158 e. The van der Waals surface area contributed by atoms with E-state index < -0.39 is 0 Å². The molecule has 2 heterocycles. The molecule has 0 bridgehead atoms. The lowest BCUT2D eigenvalue weighted by atomic mass is 9.45. The maximum atomic E-state index is 2.86. The molecule has 310 valence electrons. The average Bonchev–Trinajstić information content (AvgIpc) is 3.06. The van der Waals surface area contributed by atoms with Gasteiger partial charge in [0.2, 0.25) is 0 Å². The maximum absolute atomic E-state index is 2.86. The number of hydrogen-bond donors (Lipinski definition) is 0. The summed E-state index contributed by atoms with van der Waals surface area (Å²) in [6, 6.07) is 0. The molecule has 2 aliphatic rings. The second-order valence-corrected chi connectivity index (χ2v) is 22.0. The van der Waals surface area contributed by atoms with Gasteiger partial charge >= 0.3 is 0 Å². The van der Waals surface area contributed by atoms with Crippen molar-refractivity contribution in [2.75, 3.05) is 14.1 Å². The first-order valence-corrected chi connectivity index (χ1v) is 23.8. The lowest BCUT2D eigenvalue weighted by Crippen LogP contribution is -2.65. The Balaban J connectivity index is 2.29. The molecule has 0 saturated carbocycles. The Bertz CT molecular complexity index is 834. The molecule has 2 atom stereocenters. The summed E-state index contributed by atoms with van der Waals surface area (Å²) >= 11 is 0. The summed E-state index contributed by atoms with van der Waals surface area (Å²) in [7, 11) is 4.84. The Kier molecular flexibility index (Phi) is 20.4. The van der Waals surface area contributed by atoms with Crippen molar-refractivity contribution in [1.29, 1.82) is 0 Å². The summed E-state index contributed by atoms with van der Waals surface area (Å²) in [4.78, 5) is 5.48. The van der Waals surface area contributed by atoms with Crippen LogP contribution in [0, 0.1) is 22.7 Å². The van der Waals surface area contributed by atoms with E-state index in [1.807, 2.05) is 0 Å². The molecule has 2 rings (SSSR count). The van der Waals surface area contributed by atoms with Crippen LogP contribution < -0.4 is 0 Å². The first kappa shape index (κ1) is 48.1. The number of unbranched alkanes of at least 4 members (excludes halogenated alkanes) is 20. The highest BCUT2D eigenvalue weighted by molar-refractivity contribution is 5.11. The number of piperidine rings is 2. The van der Waals surface area contributed by atoms with Crippen LogP contribution in [0.3, 0.4) is 0 Å². The third-order valence-corrected chi connectivity index (χ3v) is 16.3. The zero-order valence-electron chi connectivity index (χ0n) is 38.8. The molecule has 2 fully saturated rings. The molecule has 2 saturated heterocycles. The normalized spacial score (nSPS) is 23.4. The number of rotatable bonds is 27. The number of likely N-dealkylation sites (tertiary alicyclic amines) is 2. The second-order valence-electron chi connectivity index (χ2n) is 22.0. The van der Waals surface area contributed by atoms with Gasteiger partial charge < -0.3 is 0 Å². The molecule has 0 aliphatic carbocycles. The van der Waals surface area contributed by atoms with Gasteiger partial charge in [-0.25, -0.2) is 0 Å². The van der Waals surface area contributed by atoms with E-state index in [-0.39, 0.29) is 22.2 Å². The van der Waals surface area contributed by atoms with Gasteiger partial charge in [0.15, 0.2) is 0 Å². The molecule has 2 unspecified atom stereocenters. The lowest BCUT2D eigenvalue weighted by molar-refractivity contribution is -0.154. The van der Waals surface area contributed by atoms with Gasteiger partial charge in [-0.05, 0) is 131 Å². The van der Waals surface area contributed by atoms with Crippen LogP contribution in [-0.4, -0.2) is 46.1 Å². The molecule has 2 nitrogen and oxygen atoms in total. The van der Waals surface area contributed by atoms with Gasteiger partial charge in [0.05, 0.1) is 0 Å². The predicted molar refractivity (Wildman–Crippen MR) is 236 cm³/mol. The van der Waals surface area contributed by atoms with Crippen molar-refractivity contribution in [3.63, 3.8) is 0 Å². The van der Waals surface area contributed by atoms with Gasteiger partial charge in [-0.3, -0.25) is 9.80 Å². The topological polar surface area (TPSA) is 6.48 Å². The molecule has 52 heavy (non-hydrogen) atoms. The highest BCUT2D eigenvalue weighted by atomic mass is 15.2. The molecule has 0 spiro atoms. The Morgan fingerprint density at radius 2 is 0.558 bits per heavy atom. The van der Waals surface area contributed by atoms with Crippen LogP contribution in [0.2, 0.25) is 0 Å². The minimum absolute atomic E-state index is 0.230. The summed E-state index contributed by atoms with van der Waals surface area (Å²) in [5.41, 5.74) is 1.60. The largest absolute Gasteiger partial charge is 0.296 e. The monoisotopic (exact) mass is 729 g/mol. The highest BCUT2D eigenvalue weighted by Gasteiger charge is 2.59. The second kappa shape index (κ2) is 22.0. The Hall–Kier alpha value is -0.0800. The lowest BCUT2D eigenvalue weighted by Gasteiger charge is -2.65. The quantitative estimate of drug-likeness (QED) is 0.0777. The molecule has 0 amide bonds. The molecule has 0 radical (unpaired) electrons. The molecular weight excluding hydrogens is 629 g/mol. The number of nitrogens with zero attached hydrogens (tertiary/aromatic N) is 2. The van der Waals surface area contributed by atoms with Gasteiger partial charge in [0.25, 0.3) is 0 Å². The van der Waals surface area contributed by atoms with Gasteiger partial charge in [-0.2, -0.15) is 0 Å². The molecular formula is C50H100N2. The fourth-order valence-corrected chi connectivity index (χ4v) is 11.9. The van der Waals surface area contributed by atoms with Crippen molar-refractivity contribution < 1.29 is 0 Å². The third kappa shape index (κ3) is 13.8. The van der Waals surface area contributed by atoms with Crippen LogP contribution in [0.4, 0.5) is 0 Å². The van der Waals surface area contributed by atoms with E-state index in [9.17, 15) is 0 Å². The van der Waals surface area contributed by atoms with Crippen LogP contribution in [0.25, 0.3) is 0 Å². The van der Waals surface area contributed by atoms with Crippen molar-refractivity contribution in [1.82, 2.24) is 9.80 Å². The Labute approximate surface area is 330 Å². The van der Waals surface area contributed by atoms with E-state index in [2.05, 4.69) is 107 Å². The van der Waals surface area contributed by atoms with E-state index in [0.717, 1.165) is 11.8 Å². The predicted octanol–water partition coefficient (Wildman–Crippen LogP) is 16.2. The van der Waals surface area contributed by atoms with Crippen molar-refractivity contribution >= 4 is 0 Å². The molecule has 2 heteroatoms. The van der Waals surface area contributed by atoms with Crippen LogP contribution in [0.15, 0.2) is 0 Å². The first-order valence-electron chi connectivity index (χ1n) is 23.8. The minimum atomic E-state index is 0.230. The van der Waals surface area contributed by atoms with Crippen LogP contribution in [-0.2, 0) is 0 Å². The number of hydrogen-bond acceptors (Lipinski definition) is 2. The molecule has 0 aromatic rings. The van der Waals surface area contributed by atoms with Gasteiger partial charge in [-0.1, -0.05) is 169 Å². The Morgan fingerprint density at radius 1 is 0.365 bits per heavy atom. The van der Waals surface area contributed by atoms with Gasteiger partial charge in [0, 0.05) is 22.2 Å². The minimum Gasteiger partial charge on any atom is -0.296 e. The standard InChI is InChI=1S/C50H100N2/c1-15-17-19-21-23-25-27-29-31-33-35-37-49(11,43-39-45(3,4)51(13)46(5,6)40-43)50(12,44-41-47(7,8)52(14)48(9,10)42-44)38-36-34-32-30-28-26-24-22-20-18-16-2/h43-44H,15-42H2,1-14H3. The highest BCUT2D eigenvalue weighted by Crippen LogP contribution is 2.64. The molecule has 0 N–H and O–H groups in total. The van der Waals surface area contributed by atoms with Crippen LogP contribution >= 0.6 is 0 Å². The summed E-state index contributed by atoms with van der Waals surface area (Å²) < 4.78 is 0. The van der Waals surface area contributed by atoms with Crippen molar-refractivity contribution in [2.24, 2.45) is 22.7 Å². The van der Waals surface area contributed by atoms with E-state index in [1.165, 1.54) is 180 Å². The smallest absolute Gasteiger partial charge is 0.0158 e. The van der Waals surface area contributed by atoms with E-state index in [1.54, 1.807) is 0 Å². The first-order chi connectivity index (χ1) is 24.3. The third-order valence-electron chi connectivity index (χ3n) is 16.3. The fourth-order valence-electron chi connectivity index (χ4n) is 11.9. The van der Waals surface area contributed by atoms with Crippen molar-refractivity contribution in [3.05, 3.63) is 0 Å². The van der Waals surface area contributed by atoms with Crippen molar-refractivity contribution in [3.8, 4) is 0 Å². The Morgan fingerprint density at radius 3 is 0.769 bits per heavy atom. The molecule has 0 aromatic heterocycles. The summed E-state index contributed by atoms with van der Waals surface area (Å²) in [5, 5.41) is 0. The van der Waals surface area contributed by atoms with E-state index >= 15 is 0 Å². The van der Waals surface area contributed by atoms with E-state index in [4.69, 9.17) is 0 Å². The molecule has 0 aromatic carbocycles. The fraction of sp³-hybridized carbons (Fsp3) is 1.00. The SMILES string of the molecule is CCCCCCCCCCCCCC(C)(C1CC(C)(C)N(C)C(C)(C)C1)C(C)(CCCCCCCCCCCCC)C1CC(C)(C)N(C)C(C)(C)C1. The summed E-state index contributed by atoms with van der Waals surface area (Å²) in [5.74, 6) is 1.53. The van der Waals surface area contributed by atoms with Crippen LogP contribution in [0.1, 0.15) is 263 Å². The van der Waals surface area contributed by atoms with Crippen LogP contribution in [0.5, 0.6) is 0 Å². The zero-order chi connectivity index (χ0) is 39.1. The molecule has 2 aliphatic heterocycles. The van der Waals surface area contributed by atoms with Gasteiger partial charge in [0.1, 0.15) is 0 Å². The van der Waals surface area contributed by atoms with Crippen molar-refractivity contribution in [2.45, 2.75) is 285 Å². The summed E-state index contributed by atoms with van der Waals surface area (Å²) in [6.45, 7) is 30.9. The van der Waals surface area contributed by atoms with E-state index in [0.29, 0.717) is 10.8 Å².